The molecule has 1 aromatic heterocycles. The van der Waals surface area contributed by atoms with Gasteiger partial charge in [-0.3, -0.25) is 4.79 Å². The predicted octanol–water partition coefficient (Wildman–Crippen LogP) is 6.15. The monoisotopic (exact) mass is 414 g/mol. The van der Waals surface area contributed by atoms with Crippen LogP contribution in [0.4, 0.5) is 5.69 Å². The largest absolute Gasteiger partial charge is 0.493 e. The molecular formula is C22H26N2O2S2. The molecule has 4 nitrogen and oxygen atoms in total. The molecule has 148 valence electrons. The number of thioether (sulfide) groups is 1. The van der Waals surface area contributed by atoms with Gasteiger partial charge < -0.3 is 10.1 Å². The number of nitrogens with one attached hydrogen (secondary N) is 1. The normalized spacial score (nSPS) is 11.1. The number of ether oxygens (including phenoxy) is 1. The molecule has 0 unspecified atom stereocenters. The molecule has 2 aromatic carbocycles. The van der Waals surface area contributed by atoms with Gasteiger partial charge in [-0.25, -0.2) is 4.98 Å². The zero-order valence-electron chi connectivity index (χ0n) is 16.5. The fraction of sp³-hybridized carbons (Fsp3) is 0.364. The van der Waals surface area contributed by atoms with Gasteiger partial charge in [-0.15, -0.1) is 11.3 Å². The van der Waals surface area contributed by atoms with Crippen LogP contribution in [0.1, 0.15) is 32.3 Å². The third-order valence-electron chi connectivity index (χ3n) is 4.59. The van der Waals surface area contributed by atoms with Crippen molar-refractivity contribution in [2.24, 2.45) is 5.92 Å². The maximum absolute atomic E-state index is 12.3. The Labute approximate surface area is 174 Å². The summed E-state index contributed by atoms with van der Waals surface area (Å²) in [5.74, 6) is 1.90. The van der Waals surface area contributed by atoms with Crippen molar-refractivity contribution in [3.63, 3.8) is 0 Å². The number of nitrogens with zero attached hydrogens (tertiary/aromatic N) is 1. The van der Waals surface area contributed by atoms with Crippen molar-refractivity contribution in [2.45, 2.75) is 38.0 Å². The second-order valence-corrected chi connectivity index (χ2v) is 9.05. The van der Waals surface area contributed by atoms with E-state index in [1.165, 1.54) is 5.56 Å². The lowest BCUT2D eigenvalue weighted by molar-refractivity contribution is -0.120. The van der Waals surface area contributed by atoms with Crippen LogP contribution in [-0.2, 0) is 4.79 Å². The molecule has 1 heterocycles. The summed E-state index contributed by atoms with van der Waals surface area (Å²) in [5, 5.41) is 3.03. The summed E-state index contributed by atoms with van der Waals surface area (Å²) in [6, 6.07) is 14.0. The van der Waals surface area contributed by atoms with Gasteiger partial charge in [-0.05, 0) is 50.1 Å². The van der Waals surface area contributed by atoms with Gasteiger partial charge in [0.15, 0.2) is 4.34 Å². The Morgan fingerprint density at radius 1 is 1.18 bits per heavy atom. The van der Waals surface area contributed by atoms with Gasteiger partial charge >= 0.3 is 0 Å². The van der Waals surface area contributed by atoms with E-state index in [1.807, 2.05) is 44.2 Å². The Bertz CT molecular complexity index is 918. The predicted molar refractivity (Wildman–Crippen MR) is 120 cm³/mol. The van der Waals surface area contributed by atoms with Crippen LogP contribution < -0.4 is 10.1 Å². The van der Waals surface area contributed by atoms with Gasteiger partial charge in [0.05, 0.1) is 16.8 Å². The number of carbonyl (C=O) groups is 1. The molecule has 1 amide bonds. The number of hydrogen-bond acceptors (Lipinski definition) is 5. The van der Waals surface area contributed by atoms with Gasteiger partial charge in [0, 0.05) is 17.4 Å². The minimum Gasteiger partial charge on any atom is -0.493 e. The zero-order chi connectivity index (χ0) is 19.9. The molecule has 0 saturated carbocycles. The summed E-state index contributed by atoms with van der Waals surface area (Å²) in [6.07, 6.45) is 1.72. The van der Waals surface area contributed by atoms with Gasteiger partial charge in [0.1, 0.15) is 5.75 Å². The molecule has 0 saturated heterocycles. The van der Waals surface area contributed by atoms with E-state index in [0.717, 1.165) is 44.6 Å². The molecule has 0 aliphatic heterocycles. The summed E-state index contributed by atoms with van der Waals surface area (Å²) in [7, 11) is 0. The van der Waals surface area contributed by atoms with Gasteiger partial charge in [0.25, 0.3) is 0 Å². The molecule has 3 aromatic rings. The summed E-state index contributed by atoms with van der Waals surface area (Å²) >= 11 is 3.35. The highest BCUT2D eigenvalue weighted by molar-refractivity contribution is 8.01. The van der Waals surface area contributed by atoms with E-state index in [9.17, 15) is 4.79 Å². The molecular weight excluding hydrogens is 388 g/mol. The lowest BCUT2D eigenvalue weighted by Crippen LogP contribution is -2.21. The van der Waals surface area contributed by atoms with Crippen molar-refractivity contribution >= 4 is 44.9 Å². The maximum Gasteiger partial charge on any atom is 0.227 e. The van der Waals surface area contributed by atoms with E-state index < -0.39 is 0 Å². The number of rotatable bonds is 9. The number of amides is 1. The van der Waals surface area contributed by atoms with Crippen LogP contribution in [0.3, 0.4) is 0 Å². The molecule has 3 rings (SSSR count). The topological polar surface area (TPSA) is 51.2 Å². The fourth-order valence-corrected chi connectivity index (χ4v) is 4.87. The average molecular weight is 415 g/mol. The lowest BCUT2D eigenvalue weighted by Gasteiger charge is -2.12. The third kappa shape index (κ3) is 5.49. The Morgan fingerprint density at radius 2 is 1.93 bits per heavy atom. The van der Waals surface area contributed by atoms with E-state index in [1.54, 1.807) is 23.1 Å². The van der Waals surface area contributed by atoms with Gasteiger partial charge in [0.2, 0.25) is 5.91 Å². The van der Waals surface area contributed by atoms with E-state index >= 15 is 0 Å². The Kier molecular flexibility index (Phi) is 7.34. The van der Waals surface area contributed by atoms with Crippen LogP contribution in [0.2, 0.25) is 0 Å². The highest BCUT2D eigenvalue weighted by Crippen LogP contribution is 2.31. The zero-order valence-corrected chi connectivity index (χ0v) is 18.2. The number of thiazole rings is 1. The molecule has 1 N–H and O–H groups in total. The standard InChI is InChI=1S/C22H26N2O2S2/c1-4-16(5-2)21(25)23-17-8-11-19-20(14-17)28-22(24-19)27-13-12-26-18-9-6-15(3)7-10-18/h6-11,14,16H,4-5,12-13H2,1-3H3,(H,23,25). The first-order valence-electron chi connectivity index (χ1n) is 9.62. The highest BCUT2D eigenvalue weighted by Gasteiger charge is 2.14. The molecule has 6 heteroatoms. The summed E-state index contributed by atoms with van der Waals surface area (Å²) in [6.45, 7) is 6.80. The lowest BCUT2D eigenvalue weighted by atomic mass is 10.0. The van der Waals surface area contributed by atoms with Crippen molar-refractivity contribution in [3.05, 3.63) is 48.0 Å². The Balaban J connectivity index is 1.55. The SMILES string of the molecule is CCC(CC)C(=O)Nc1ccc2nc(SCCOc3ccc(C)cc3)sc2c1. The molecule has 0 aliphatic rings. The molecule has 0 bridgehead atoms. The number of carbonyl (C=O) groups excluding carboxylic acids is 1. The first-order chi connectivity index (χ1) is 13.6. The van der Waals surface area contributed by atoms with E-state index in [2.05, 4.69) is 29.4 Å². The van der Waals surface area contributed by atoms with Crippen molar-refractivity contribution in [1.82, 2.24) is 4.98 Å². The van der Waals surface area contributed by atoms with E-state index in [4.69, 9.17) is 4.74 Å². The second-order valence-electron chi connectivity index (χ2n) is 6.67. The van der Waals surface area contributed by atoms with Gasteiger partial charge in [-0.1, -0.05) is 43.3 Å². The number of aryl methyl sites for hydroxylation is 1. The maximum atomic E-state index is 12.3. The third-order valence-corrected chi connectivity index (χ3v) is 6.72. The van der Waals surface area contributed by atoms with Gasteiger partial charge in [-0.2, -0.15) is 0 Å². The van der Waals surface area contributed by atoms with Crippen molar-refractivity contribution in [2.75, 3.05) is 17.7 Å². The Hall–Kier alpha value is -2.05. The molecule has 0 spiro atoms. The van der Waals surface area contributed by atoms with Crippen LogP contribution in [-0.4, -0.2) is 23.3 Å². The molecule has 0 atom stereocenters. The smallest absolute Gasteiger partial charge is 0.227 e. The van der Waals surface area contributed by atoms with Crippen LogP contribution >= 0.6 is 23.1 Å². The number of aromatic nitrogens is 1. The number of fused-ring (bicyclic) bond motifs is 1. The highest BCUT2D eigenvalue weighted by atomic mass is 32.2. The summed E-state index contributed by atoms with van der Waals surface area (Å²) in [5.41, 5.74) is 3.03. The van der Waals surface area contributed by atoms with Crippen molar-refractivity contribution < 1.29 is 9.53 Å². The van der Waals surface area contributed by atoms with Crippen molar-refractivity contribution in [1.29, 1.82) is 0 Å². The van der Waals surface area contributed by atoms with Crippen LogP contribution in [0.25, 0.3) is 10.2 Å². The number of anilines is 1. The molecule has 0 aliphatic carbocycles. The van der Waals surface area contributed by atoms with E-state index in [0.29, 0.717) is 6.61 Å². The molecule has 28 heavy (non-hydrogen) atoms. The van der Waals surface area contributed by atoms with E-state index in [-0.39, 0.29) is 11.8 Å². The Morgan fingerprint density at radius 3 is 2.64 bits per heavy atom. The summed E-state index contributed by atoms with van der Waals surface area (Å²) in [4.78, 5) is 17.0. The van der Waals surface area contributed by atoms with Crippen LogP contribution in [0, 0.1) is 12.8 Å². The summed E-state index contributed by atoms with van der Waals surface area (Å²) < 4.78 is 7.88. The van der Waals surface area contributed by atoms with Crippen LogP contribution in [0.15, 0.2) is 46.8 Å². The van der Waals surface area contributed by atoms with Crippen molar-refractivity contribution in [3.8, 4) is 5.75 Å². The number of hydrogen-bond donors (Lipinski definition) is 1. The quantitative estimate of drug-likeness (QED) is 0.337. The average Bonchev–Trinajstić information content (AvgIpc) is 3.09. The second kappa shape index (κ2) is 9.94. The first kappa shape index (κ1) is 20.7. The first-order valence-corrected chi connectivity index (χ1v) is 11.4. The molecule has 0 radical (unpaired) electrons. The number of benzene rings is 2. The minimum absolute atomic E-state index is 0.0665. The minimum atomic E-state index is 0.0665. The molecule has 0 fully saturated rings. The van der Waals surface area contributed by atoms with Crippen LogP contribution in [0.5, 0.6) is 5.75 Å². The fourth-order valence-electron chi connectivity index (χ4n) is 2.87.